The minimum absolute atomic E-state index is 0.145. The van der Waals surface area contributed by atoms with Gasteiger partial charge in [0.15, 0.2) is 11.3 Å². The predicted molar refractivity (Wildman–Crippen MR) is 76.7 cm³/mol. The smallest absolute Gasteiger partial charge is 0.219 e. The molecule has 1 aromatic rings. The van der Waals surface area contributed by atoms with E-state index in [1.54, 1.807) is 0 Å². The van der Waals surface area contributed by atoms with Crippen molar-refractivity contribution in [3.05, 3.63) is 43.4 Å². The third-order valence-corrected chi connectivity index (χ3v) is 3.92. The Balaban J connectivity index is 2.55. The molecule has 0 aromatic heterocycles. The number of nitrogen functional groups attached to an aromatic ring is 1. The van der Waals surface area contributed by atoms with Crippen molar-refractivity contribution in [2.45, 2.75) is 0 Å². The topological polar surface area (TPSA) is 69.1 Å². The number of hydrogen-bond donors (Lipinski definition) is 1. The third-order valence-electron chi connectivity index (χ3n) is 2.58. The van der Waals surface area contributed by atoms with Gasteiger partial charge in [-0.3, -0.25) is 4.79 Å². The molecule has 3 rings (SSSR count). The van der Waals surface area contributed by atoms with Crippen LogP contribution in [0, 0.1) is 0 Å². The van der Waals surface area contributed by atoms with E-state index in [0.717, 1.165) is 4.47 Å². The number of halogens is 2. The van der Waals surface area contributed by atoms with Crippen molar-refractivity contribution >= 4 is 48.6 Å². The second-order valence-corrected chi connectivity index (χ2v) is 5.41. The van der Waals surface area contributed by atoms with Gasteiger partial charge >= 0.3 is 0 Å². The van der Waals surface area contributed by atoms with E-state index < -0.39 is 0 Å². The summed E-state index contributed by atoms with van der Waals surface area (Å²) in [4.78, 5) is 16.2. The molecule has 6 heteroatoms. The third kappa shape index (κ3) is 1.64. The molecule has 0 bridgehead atoms. The van der Waals surface area contributed by atoms with Crippen LogP contribution in [0.5, 0.6) is 0 Å². The number of para-hydroxylation sites is 1. The molecule has 0 spiro atoms. The number of aromatic nitrogens is 1. The predicted octanol–water partition coefficient (Wildman–Crippen LogP) is 3.40. The fourth-order valence-corrected chi connectivity index (χ4v) is 2.67. The lowest BCUT2D eigenvalue weighted by molar-refractivity contribution is 0.607. The van der Waals surface area contributed by atoms with Gasteiger partial charge in [0.2, 0.25) is 5.43 Å². The Labute approximate surface area is 118 Å². The summed E-state index contributed by atoms with van der Waals surface area (Å²) in [6.45, 7) is 0. The van der Waals surface area contributed by atoms with E-state index >= 15 is 0 Å². The van der Waals surface area contributed by atoms with Crippen molar-refractivity contribution in [1.82, 2.24) is 4.98 Å². The van der Waals surface area contributed by atoms with Crippen LogP contribution in [0.15, 0.2) is 42.4 Å². The first-order valence-electron chi connectivity index (χ1n) is 5.05. The molecular formula is C12H6Br2N2O2. The van der Waals surface area contributed by atoms with E-state index in [0.29, 0.717) is 27.0 Å². The van der Waals surface area contributed by atoms with Gasteiger partial charge in [-0.05, 0) is 50.1 Å². The van der Waals surface area contributed by atoms with Gasteiger partial charge in [-0.1, -0.05) is 6.07 Å². The van der Waals surface area contributed by atoms with E-state index in [4.69, 9.17) is 10.2 Å². The Morgan fingerprint density at radius 2 is 2.06 bits per heavy atom. The van der Waals surface area contributed by atoms with Crippen molar-refractivity contribution in [3.63, 3.8) is 0 Å². The zero-order valence-corrected chi connectivity index (χ0v) is 12.1. The molecule has 1 aliphatic heterocycles. The van der Waals surface area contributed by atoms with E-state index in [1.807, 2.05) is 18.2 Å². The Morgan fingerprint density at radius 1 is 1.28 bits per heavy atom. The zero-order valence-electron chi connectivity index (χ0n) is 8.91. The molecule has 4 nitrogen and oxygen atoms in total. The number of fused-ring (bicyclic) bond motifs is 2. The number of nitrogens with zero attached hydrogens (tertiary/aromatic N) is 1. The molecule has 0 radical (unpaired) electrons. The van der Waals surface area contributed by atoms with Crippen LogP contribution in [0.4, 0.5) is 5.69 Å². The summed E-state index contributed by atoms with van der Waals surface area (Å²) in [5, 5.41) is 0. The highest BCUT2D eigenvalue weighted by atomic mass is 79.9. The molecule has 0 amide bonds. The highest BCUT2D eigenvalue weighted by molar-refractivity contribution is 9.11. The van der Waals surface area contributed by atoms with Crippen LogP contribution < -0.4 is 11.2 Å². The second kappa shape index (κ2) is 4.07. The maximum absolute atomic E-state index is 11.7. The van der Waals surface area contributed by atoms with Gasteiger partial charge in [0.05, 0.1) is 10.2 Å². The quantitative estimate of drug-likeness (QED) is 0.487. The van der Waals surface area contributed by atoms with Crippen LogP contribution in [0.3, 0.4) is 0 Å². The maximum atomic E-state index is 11.7. The van der Waals surface area contributed by atoms with Crippen LogP contribution in [0.2, 0.25) is 0 Å². The number of rotatable bonds is 0. The first kappa shape index (κ1) is 11.7. The van der Waals surface area contributed by atoms with Crippen LogP contribution in [0.1, 0.15) is 0 Å². The second-order valence-electron chi connectivity index (χ2n) is 3.76. The van der Waals surface area contributed by atoms with Crippen LogP contribution >= 0.6 is 31.9 Å². The van der Waals surface area contributed by atoms with Crippen molar-refractivity contribution < 1.29 is 4.42 Å². The van der Waals surface area contributed by atoms with Gasteiger partial charge in [0.25, 0.3) is 0 Å². The van der Waals surface area contributed by atoms with Gasteiger partial charge in [-0.25, -0.2) is 4.98 Å². The van der Waals surface area contributed by atoms with E-state index in [-0.39, 0.29) is 11.1 Å². The Kier molecular flexibility index (Phi) is 2.64. The maximum Gasteiger partial charge on any atom is 0.219 e. The fourth-order valence-electron chi connectivity index (χ4n) is 1.72. The van der Waals surface area contributed by atoms with Crippen LogP contribution in [-0.4, -0.2) is 4.98 Å². The molecule has 0 fully saturated rings. The SMILES string of the molecule is Nc1cc2nc3cccc(Br)c3oc-2c(Br)c1=O. The molecule has 1 aromatic carbocycles. The fraction of sp³-hybridized carbons (Fsp3) is 0. The standard InChI is InChI=1S/C12H6Br2N2O2/c13-5-2-1-3-7-11(5)18-12-8(16-7)4-6(15)10(17)9(12)14/h1-4H,15H2. The summed E-state index contributed by atoms with van der Waals surface area (Å²) >= 11 is 6.59. The number of benzene rings is 2. The van der Waals surface area contributed by atoms with Gasteiger partial charge < -0.3 is 10.2 Å². The number of anilines is 1. The minimum Gasteiger partial charge on any atom is -0.450 e. The lowest BCUT2D eigenvalue weighted by atomic mass is 10.2. The summed E-state index contributed by atoms with van der Waals surface area (Å²) in [6, 6.07) is 7.06. The van der Waals surface area contributed by atoms with Crippen molar-refractivity contribution in [2.75, 3.05) is 5.73 Å². The first-order chi connectivity index (χ1) is 8.58. The highest BCUT2D eigenvalue weighted by Crippen LogP contribution is 2.33. The van der Waals surface area contributed by atoms with Crippen LogP contribution in [-0.2, 0) is 0 Å². The molecule has 0 unspecified atom stereocenters. The molecule has 1 heterocycles. The first-order valence-corrected chi connectivity index (χ1v) is 6.63. The van der Waals surface area contributed by atoms with Gasteiger partial charge in [-0.2, -0.15) is 0 Å². The van der Waals surface area contributed by atoms with E-state index in [2.05, 4.69) is 36.8 Å². The highest BCUT2D eigenvalue weighted by Gasteiger charge is 2.18. The summed E-state index contributed by atoms with van der Waals surface area (Å²) in [6.07, 6.45) is 0. The summed E-state index contributed by atoms with van der Waals surface area (Å²) in [5.74, 6) is 0.397. The average Bonchev–Trinajstić information content (AvgIpc) is 2.35. The van der Waals surface area contributed by atoms with Gasteiger partial charge in [0, 0.05) is 0 Å². The van der Waals surface area contributed by atoms with Crippen molar-refractivity contribution in [3.8, 4) is 11.5 Å². The molecule has 0 saturated carbocycles. The summed E-state index contributed by atoms with van der Waals surface area (Å²) in [5.41, 5.74) is 7.31. The molecule has 0 saturated heterocycles. The van der Waals surface area contributed by atoms with E-state index in [9.17, 15) is 4.79 Å². The lowest BCUT2D eigenvalue weighted by Crippen LogP contribution is -2.11. The normalized spacial score (nSPS) is 11.2. The molecule has 2 N–H and O–H groups in total. The van der Waals surface area contributed by atoms with Gasteiger partial charge in [0.1, 0.15) is 15.7 Å². The molecular weight excluding hydrogens is 364 g/mol. The lowest BCUT2D eigenvalue weighted by Gasteiger charge is -2.09. The number of nitrogens with two attached hydrogens (primary N) is 1. The van der Waals surface area contributed by atoms with Crippen LogP contribution in [0.25, 0.3) is 22.6 Å². The molecule has 90 valence electrons. The monoisotopic (exact) mass is 368 g/mol. The van der Waals surface area contributed by atoms with Gasteiger partial charge in [-0.15, -0.1) is 0 Å². The molecule has 0 atom stereocenters. The molecule has 2 aliphatic rings. The zero-order chi connectivity index (χ0) is 12.9. The summed E-state index contributed by atoms with van der Waals surface area (Å²) in [7, 11) is 0. The minimum atomic E-state index is -0.292. The largest absolute Gasteiger partial charge is 0.450 e. The molecule has 18 heavy (non-hydrogen) atoms. The van der Waals surface area contributed by atoms with Crippen molar-refractivity contribution in [1.29, 1.82) is 0 Å². The molecule has 1 aliphatic carbocycles. The van der Waals surface area contributed by atoms with Crippen molar-refractivity contribution in [2.24, 2.45) is 0 Å². The average molecular weight is 370 g/mol. The Bertz CT molecular complexity index is 798. The summed E-state index contributed by atoms with van der Waals surface area (Å²) < 4.78 is 6.81. The Hall–Kier alpha value is -1.40. The Morgan fingerprint density at radius 3 is 2.83 bits per heavy atom. The van der Waals surface area contributed by atoms with E-state index in [1.165, 1.54) is 6.07 Å². The number of hydrogen-bond acceptors (Lipinski definition) is 4.